The topological polar surface area (TPSA) is 32.3 Å². The van der Waals surface area contributed by atoms with Crippen molar-refractivity contribution in [3.8, 4) is 0 Å². The van der Waals surface area contributed by atoms with Crippen LogP contribution in [0.3, 0.4) is 0 Å². The lowest BCUT2D eigenvalue weighted by Crippen LogP contribution is -2.42. The van der Waals surface area contributed by atoms with Gasteiger partial charge in [0.1, 0.15) is 0 Å². The summed E-state index contributed by atoms with van der Waals surface area (Å²) in [6, 6.07) is 9.03. The van der Waals surface area contributed by atoms with Gasteiger partial charge in [0.2, 0.25) is 5.91 Å². The van der Waals surface area contributed by atoms with Gasteiger partial charge in [-0.25, -0.2) is 0 Å². The van der Waals surface area contributed by atoms with Gasteiger partial charge in [0.05, 0.1) is 6.04 Å². The average Bonchev–Trinajstić information content (AvgIpc) is 3.07. The molecule has 0 saturated carbocycles. The van der Waals surface area contributed by atoms with E-state index in [-0.39, 0.29) is 6.04 Å². The summed E-state index contributed by atoms with van der Waals surface area (Å²) in [6.07, 6.45) is 5.33. The second-order valence-electron chi connectivity index (χ2n) is 7.46. The van der Waals surface area contributed by atoms with Crippen LogP contribution < -0.4 is 5.32 Å². The molecule has 0 aromatic heterocycles. The zero-order valence-corrected chi connectivity index (χ0v) is 14.6. The second kappa shape index (κ2) is 7.48. The predicted octanol–water partition coefficient (Wildman–Crippen LogP) is 3.68. The van der Waals surface area contributed by atoms with Crippen LogP contribution in [0.25, 0.3) is 0 Å². The summed E-state index contributed by atoms with van der Waals surface area (Å²) in [5.41, 5.74) is 2.59. The fourth-order valence-electron chi connectivity index (χ4n) is 4.17. The van der Waals surface area contributed by atoms with Gasteiger partial charge >= 0.3 is 0 Å². The van der Waals surface area contributed by atoms with Gasteiger partial charge in [-0.1, -0.05) is 36.8 Å². The van der Waals surface area contributed by atoms with Gasteiger partial charge in [-0.2, -0.15) is 0 Å². The minimum absolute atomic E-state index is 0.263. The van der Waals surface area contributed by atoms with Crippen molar-refractivity contribution in [3.63, 3.8) is 0 Å². The van der Waals surface area contributed by atoms with E-state index in [0.29, 0.717) is 24.2 Å². The van der Waals surface area contributed by atoms with Crippen LogP contribution in [0.15, 0.2) is 24.3 Å². The number of carbonyl (C=O) groups excluding carboxylic acids is 1. The van der Waals surface area contributed by atoms with E-state index in [1.807, 2.05) is 0 Å². The smallest absolute Gasteiger partial charge is 0.223 e. The van der Waals surface area contributed by atoms with Crippen molar-refractivity contribution >= 4 is 5.91 Å². The van der Waals surface area contributed by atoms with E-state index < -0.39 is 0 Å². The number of amides is 1. The fraction of sp³-hybridized carbons (Fsp3) is 0.650. The summed E-state index contributed by atoms with van der Waals surface area (Å²) in [7, 11) is 0. The van der Waals surface area contributed by atoms with E-state index in [0.717, 1.165) is 32.5 Å². The molecule has 1 aromatic carbocycles. The first-order chi connectivity index (χ1) is 11.1. The number of rotatable bonds is 4. The third-order valence-corrected chi connectivity index (χ3v) is 5.60. The number of nitrogens with zero attached hydrogens (tertiary/aromatic N) is 1. The third kappa shape index (κ3) is 3.95. The molecule has 3 nitrogen and oxygen atoms in total. The van der Waals surface area contributed by atoms with Gasteiger partial charge in [-0.05, 0) is 63.1 Å². The molecule has 1 aromatic rings. The highest BCUT2D eigenvalue weighted by molar-refractivity contribution is 5.77. The predicted molar refractivity (Wildman–Crippen MR) is 94.2 cm³/mol. The van der Waals surface area contributed by atoms with Crippen LogP contribution in [-0.2, 0) is 4.79 Å². The van der Waals surface area contributed by atoms with E-state index >= 15 is 0 Å². The normalized spacial score (nSPS) is 28.1. The van der Waals surface area contributed by atoms with Crippen molar-refractivity contribution in [3.05, 3.63) is 35.4 Å². The van der Waals surface area contributed by atoms with Crippen LogP contribution in [0, 0.1) is 18.8 Å². The zero-order chi connectivity index (χ0) is 16.2. The van der Waals surface area contributed by atoms with Gasteiger partial charge in [-0.15, -0.1) is 0 Å². The Labute approximate surface area is 140 Å². The van der Waals surface area contributed by atoms with Crippen molar-refractivity contribution in [1.29, 1.82) is 0 Å². The largest absolute Gasteiger partial charge is 0.335 e. The van der Waals surface area contributed by atoms with E-state index in [1.54, 1.807) is 0 Å². The Balaban J connectivity index is 1.69. The first kappa shape index (κ1) is 16.5. The van der Waals surface area contributed by atoms with Gasteiger partial charge in [-0.3, -0.25) is 4.79 Å². The molecule has 2 aliphatic heterocycles. The summed E-state index contributed by atoms with van der Waals surface area (Å²) >= 11 is 0. The Hall–Kier alpha value is -1.35. The van der Waals surface area contributed by atoms with Gasteiger partial charge in [0.15, 0.2) is 0 Å². The maximum Gasteiger partial charge on any atom is 0.223 e. The van der Waals surface area contributed by atoms with E-state index in [1.165, 1.54) is 24.0 Å². The molecule has 23 heavy (non-hydrogen) atoms. The standard InChI is InChI=1S/C20H30N2O/c1-15-5-8-18(9-6-15)20-16(2)4-3-13-22(20)19(23)10-7-17-11-12-21-14-17/h5-6,8-9,16-17,20-21H,3-4,7,10-14H2,1-2H3. The van der Waals surface area contributed by atoms with Gasteiger partial charge in [0, 0.05) is 13.0 Å². The van der Waals surface area contributed by atoms with E-state index in [9.17, 15) is 4.79 Å². The molecule has 0 aliphatic carbocycles. The van der Waals surface area contributed by atoms with E-state index in [2.05, 4.69) is 48.3 Å². The van der Waals surface area contributed by atoms with Crippen LogP contribution in [0.4, 0.5) is 0 Å². The Morgan fingerprint density at radius 2 is 2.04 bits per heavy atom. The number of nitrogens with one attached hydrogen (secondary N) is 1. The molecule has 3 rings (SSSR count). The highest BCUT2D eigenvalue weighted by Gasteiger charge is 2.33. The lowest BCUT2D eigenvalue weighted by molar-refractivity contribution is -0.136. The summed E-state index contributed by atoms with van der Waals surface area (Å²) < 4.78 is 0. The Morgan fingerprint density at radius 1 is 1.26 bits per heavy atom. The van der Waals surface area contributed by atoms with Gasteiger partial charge < -0.3 is 10.2 Å². The highest BCUT2D eigenvalue weighted by Crippen LogP contribution is 2.36. The molecule has 2 heterocycles. The average molecular weight is 314 g/mol. The molecule has 2 fully saturated rings. The second-order valence-corrected chi connectivity index (χ2v) is 7.46. The minimum Gasteiger partial charge on any atom is -0.335 e. The number of benzene rings is 1. The Kier molecular flexibility index (Phi) is 5.37. The molecule has 3 heteroatoms. The van der Waals surface area contributed by atoms with Crippen molar-refractivity contribution in [2.24, 2.45) is 11.8 Å². The van der Waals surface area contributed by atoms with Crippen LogP contribution >= 0.6 is 0 Å². The van der Waals surface area contributed by atoms with Crippen LogP contribution in [0.1, 0.15) is 56.2 Å². The lowest BCUT2D eigenvalue weighted by Gasteiger charge is -2.40. The lowest BCUT2D eigenvalue weighted by atomic mass is 9.85. The van der Waals surface area contributed by atoms with Crippen molar-refractivity contribution in [2.45, 2.75) is 52.0 Å². The molecule has 0 spiro atoms. The molecular weight excluding hydrogens is 284 g/mol. The summed E-state index contributed by atoms with van der Waals surface area (Å²) in [4.78, 5) is 15.0. The number of likely N-dealkylation sites (tertiary alicyclic amines) is 1. The number of hydrogen-bond donors (Lipinski definition) is 1. The number of aryl methyl sites for hydroxylation is 1. The molecule has 0 bridgehead atoms. The maximum atomic E-state index is 12.9. The SMILES string of the molecule is Cc1ccc(C2C(C)CCCN2C(=O)CCC2CCNC2)cc1. The quantitative estimate of drug-likeness (QED) is 0.919. The molecule has 2 aliphatic rings. The highest BCUT2D eigenvalue weighted by atomic mass is 16.2. The van der Waals surface area contributed by atoms with Crippen molar-refractivity contribution < 1.29 is 4.79 Å². The Morgan fingerprint density at radius 3 is 2.74 bits per heavy atom. The monoisotopic (exact) mass is 314 g/mol. The van der Waals surface area contributed by atoms with Crippen molar-refractivity contribution in [2.75, 3.05) is 19.6 Å². The van der Waals surface area contributed by atoms with Crippen molar-refractivity contribution in [1.82, 2.24) is 10.2 Å². The minimum atomic E-state index is 0.263. The van der Waals surface area contributed by atoms with Crippen LogP contribution in [0.2, 0.25) is 0 Å². The number of piperidine rings is 1. The summed E-state index contributed by atoms with van der Waals surface area (Å²) in [5.74, 6) is 1.59. The molecule has 1 N–H and O–H groups in total. The number of hydrogen-bond acceptors (Lipinski definition) is 2. The number of carbonyl (C=O) groups is 1. The third-order valence-electron chi connectivity index (χ3n) is 5.60. The zero-order valence-electron chi connectivity index (χ0n) is 14.6. The molecular formula is C20H30N2O. The molecule has 1 amide bonds. The van der Waals surface area contributed by atoms with Crippen LogP contribution in [0.5, 0.6) is 0 Å². The van der Waals surface area contributed by atoms with Gasteiger partial charge in [0.25, 0.3) is 0 Å². The first-order valence-electron chi connectivity index (χ1n) is 9.22. The molecule has 2 saturated heterocycles. The van der Waals surface area contributed by atoms with E-state index in [4.69, 9.17) is 0 Å². The first-order valence-corrected chi connectivity index (χ1v) is 9.22. The molecule has 0 radical (unpaired) electrons. The molecule has 126 valence electrons. The summed E-state index contributed by atoms with van der Waals surface area (Å²) in [6.45, 7) is 7.54. The Bertz CT molecular complexity index is 519. The summed E-state index contributed by atoms with van der Waals surface area (Å²) in [5, 5.41) is 3.40. The molecule has 3 unspecified atom stereocenters. The van der Waals surface area contributed by atoms with Crippen LogP contribution in [-0.4, -0.2) is 30.4 Å². The maximum absolute atomic E-state index is 12.9. The molecule has 3 atom stereocenters. The fourth-order valence-corrected chi connectivity index (χ4v) is 4.17.